The maximum absolute atomic E-state index is 4.15. The van der Waals surface area contributed by atoms with Gasteiger partial charge in [-0.25, -0.2) is 0 Å². The van der Waals surface area contributed by atoms with Gasteiger partial charge in [-0.05, 0) is 43.1 Å². The fourth-order valence-corrected chi connectivity index (χ4v) is 1.47. The number of nitrogens with one attached hydrogen (secondary N) is 1. The SMILES string of the molecule is CNCCc1cnccc1C(C)C. The number of rotatable bonds is 4. The molecule has 1 aromatic heterocycles. The molecular formula is C11H18N2. The summed E-state index contributed by atoms with van der Waals surface area (Å²) in [5, 5.41) is 3.15. The van der Waals surface area contributed by atoms with Crippen LogP contribution in [0.4, 0.5) is 0 Å². The molecule has 13 heavy (non-hydrogen) atoms. The minimum absolute atomic E-state index is 0.592. The first-order valence-electron chi connectivity index (χ1n) is 4.83. The van der Waals surface area contributed by atoms with Gasteiger partial charge in [-0.1, -0.05) is 13.8 Å². The number of likely N-dealkylation sites (N-methyl/N-ethyl adjacent to an activating group) is 1. The lowest BCUT2D eigenvalue weighted by Crippen LogP contribution is -2.12. The molecule has 0 bridgehead atoms. The smallest absolute Gasteiger partial charge is 0.0303 e. The molecule has 0 aliphatic rings. The van der Waals surface area contributed by atoms with Crippen LogP contribution in [-0.4, -0.2) is 18.6 Å². The zero-order valence-electron chi connectivity index (χ0n) is 8.67. The first-order chi connectivity index (χ1) is 6.25. The quantitative estimate of drug-likeness (QED) is 0.762. The maximum atomic E-state index is 4.15. The minimum atomic E-state index is 0.592. The van der Waals surface area contributed by atoms with E-state index in [2.05, 4.69) is 30.2 Å². The minimum Gasteiger partial charge on any atom is -0.319 e. The van der Waals surface area contributed by atoms with E-state index in [9.17, 15) is 0 Å². The fraction of sp³-hybridized carbons (Fsp3) is 0.545. The second-order valence-electron chi connectivity index (χ2n) is 3.58. The van der Waals surface area contributed by atoms with Crippen LogP contribution in [0, 0.1) is 0 Å². The lowest BCUT2D eigenvalue weighted by Gasteiger charge is -2.11. The summed E-state index contributed by atoms with van der Waals surface area (Å²) in [4.78, 5) is 4.15. The van der Waals surface area contributed by atoms with E-state index in [1.165, 1.54) is 11.1 Å². The van der Waals surface area contributed by atoms with Gasteiger partial charge in [0.15, 0.2) is 0 Å². The van der Waals surface area contributed by atoms with Gasteiger partial charge in [-0.2, -0.15) is 0 Å². The molecule has 0 saturated heterocycles. The molecule has 1 aromatic rings. The predicted molar refractivity (Wildman–Crippen MR) is 56.0 cm³/mol. The van der Waals surface area contributed by atoms with Crippen LogP contribution in [0.15, 0.2) is 18.5 Å². The van der Waals surface area contributed by atoms with Crippen LogP contribution in [0.1, 0.15) is 30.9 Å². The third kappa shape index (κ3) is 2.81. The molecular weight excluding hydrogens is 160 g/mol. The highest BCUT2D eigenvalue weighted by Crippen LogP contribution is 2.18. The van der Waals surface area contributed by atoms with Gasteiger partial charge < -0.3 is 5.32 Å². The highest BCUT2D eigenvalue weighted by atomic mass is 14.8. The summed E-state index contributed by atoms with van der Waals surface area (Å²) in [5.74, 6) is 0.592. The Morgan fingerprint density at radius 2 is 2.23 bits per heavy atom. The van der Waals surface area contributed by atoms with Crippen molar-refractivity contribution in [3.63, 3.8) is 0 Å². The molecule has 0 aliphatic carbocycles. The normalized spacial score (nSPS) is 10.8. The van der Waals surface area contributed by atoms with E-state index in [0.29, 0.717) is 5.92 Å². The van der Waals surface area contributed by atoms with E-state index in [-0.39, 0.29) is 0 Å². The average Bonchev–Trinajstić information content (AvgIpc) is 2.15. The second kappa shape index (κ2) is 4.97. The average molecular weight is 178 g/mol. The van der Waals surface area contributed by atoms with E-state index in [1.54, 1.807) is 0 Å². The first kappa shape index (κ1) is 10.2. The van der Waals surface area contributed by atoms with Gasteiger partial charge in [0.25, 0.3) is 0 Å². The molecule has 0 aliphatic heterocycles. The van der Waals surface area contributed by atoms with Gasteiger partial charge in [-0.3, -0.25) is 4.98 Å². The van der Waals surface area contributed by atoms with Crippen LogP contribution in [-0.2, 0) is 6.42 Å². The molecule has 0 saturated carbocycles. The summed E-state index contributed by atoms with van der Waals surface area (Å²) in [7, 11) is 1.98. The molecule has 0 spiro atoms. The van der Waals surface area contributed by atoms with Crippen LogP contribution < -0.4 is 5.32 Å². The van der Waals surface area contributed by atoms with Crippen molar-refractivity contribution >= 4 is 0 Å². The Bertz CT molecular complexity index is 256. The van der Waals surface area contributed by atoms with Crippen LogP contribution in [0.3, 0.4) is 0 Å². The Hall–Kier alpha value is -0.890. The van der Waals surface area contributed by atoms with Crippen LogP contribution in [0.5, 0.6) is 0 Å². The Morgan fingerprint density at radius 3 is 2.85 bits per heavy atom. The number of hydrogen-bond donors (Lipinski definition) is 1. The molecule has 0 unspecified atom stereocenters. The molecule has 1 rings (SSSR count). The van der Waals surface area contributed by atoms with Crippen LogP contribution >= 0.6 is 0 Å². The zero-order valence-corrected chi connectivity index (χ0v) is 8.67. The zero-order chi connectivity index (χ0) is 9.68. The van der Waals surface area contributed by atoms with Gasteiger partial charge in [0, 0.05) is 12.4 Å². The summed E-state index contributed by atoms with van der Waals surface area (Å²) in [5.41, 5.74) is 2.79. The van der Waals surface area contributed by atoms with Gasteiger partial charge in [0.2, 0.25) is 0 Å². The van der Waals surface area contributed by atoms with Gasteiger partial charge >= 0.3 is 0 Å². The van der Waals surface area contributed by atoms with Crippen molar-refractivity contribution in [3.05, 3.63) is 29.6 Å². The molecule has 1 N–H and O–H groups in total. The highest BCUT2D eigenvalue weighted by molar-refractivity contribution is 5.26. The summed E-state index contributed by atoms with van der Waals surface area (Å²) >= 11 is 0. The Kier molecular flexibility index (Phi) is 3.90. The third-order valence-corrected chi connectivity index (χ3v) is 2.21. The molecule has 1 heterocycles. The van der Waals surface area contributed by atoms with Gasteiger partial charge in [0.05, 0.1) is 0 Å². The van der Waals surface area contributed by atoms with Gasteiger partial charge in [-0.15, -0.1) is 0 Å². The van der Waals surface area contributed by atoms with E-state index in [1.807, 2.05) is 19.4 Å². The number of nitrogens with zero attached hydrogens (tertiary/aromatic N) is 1. The summed E-state index contributed by atoms with van der Waals surface area (Å²) < 4.78 is 0. The van der Waals surface area contributed by atoms with Crippen LogP contribution in [0.25, 0.3) is 0 Å². The van der Waals surface area contributed by atoms with E-state index in [4.69, 9.17) is 0 Å². The van der Waals surface area contributed by atoms with Crippen molar-refractivity contribution in [1.82, 2.24) is 10.3 Å². The summed E-state index contributed by atoms with van der Waals surface area (Å²) in [6.45, 7) is 5.46. The Morgan fingerprint density at radius 1 is 1.46 bits per heavy atom. The number of aromatic nitrogens is 1. The number of pyridine rings is 1. The molecule has 2 heteroatoms. The second-order valence-corrected chi connectivity index (χ2v) is 3.58. The Balaban J connectivity index is 2.78. The molecule has 0 atom stereocenters. The molecule has 0 aromatic carbocycles. The topological polar surface area (TPSA) is 24.9 Å². The van der Waals surface area contributed by atoms with Crippen molar-refractivity contribution in [2.24, 2.45) is 0 Å². The Labute approximate surface area is 80.4 Å². The summed E-state index contributed by atoms with van der Waals surface area (Å²) in [6, 6.07) is 2.12. The van der Waals surface area contributed by atoms with Crippen molar-refractivity contribution in [2.45, 2.75) is 26.2 Å². The van der Waals surface area contributed by atoms with Crippen molar-refractivity contribution in [3.8, 4) is 0 Å². The standard InChI is InChI=1S/C11H18N2/c1-9(2)11-5-7-13-8-10(11)4-6-12-3/h5,7-9,12H,4,6H2,1-3H3. The van der Waals surface area contributed by atoms with Crippen molar-refractivity contribution in [1.29, 1.82) is 0 Å². The monoisotopic (exact) mass is 178 g/mol. The molecule has 72 valence electrons. The molecule has 0 fully saturated rings. The summed E-state index contributed by atoms with van der Waals surface area (Å²) in [6.07, 6.45) is 4.92. The van der Waals surface area contributed by atoms with E-state index in [0.717, 1.165) is 13.0 Å². The van der Waals surface area contributed by atoms with E-state index >= 15 is 0 Å². The first-order valence-corrected chi connectivity index (χ1v) is 4.83. The lowest BCUT2D eigenvalue weighted by molar-refractivity contribution is 0.764. The van der Waals surface area contributed by atoms with Crippen LogP contribution in [0.2, 0.25) is 0 Å². The lowest BCUT2D eigenvalue weighted by atomic mass is 9.97. The molecule has 0 amide bonds. The van der Waals surface area contributed by atoms with E-state index < -0.39 is 0 Å². The maximum Gasteiger partial charge on any atom is 0.0303 e. The van der Waals surface area contributed by atoms with Crippen molar-refractivity contribution < 1.29 is 0 Å². The van der Waals surface area contributed by atoms with Crippen molar-refractivity contribution in [2.75, 3.05) is 13.6 Å². The molecule has 0 radical (unpaired) electrons. The molecule has 2 nitrogen and oxygen atoms in total. The number of hydrogen-bond acceptors (Lipinski definition) is 2. The fourth-order valence-electron chi connectivity index (χ4n) is 1.47. The van der Waals surface area contributed by atoms with Gasteiger partial charge in [0.1, 0.15) is 0 Å². The highest BCUT2D eigenvalue weighted by Gasteiger charge is 2.04. The largest absolute Gasteiger partial charge is 0.319 e. The third-order valence-electron chi connectivity index (χ3n) is 2.21. The predicted octanol–water partition coefficient (Wildman–Crippen LogP) is 1.97.